The van der Waals surface area contributed by atoms with Crippen molar-refractivity contribution >= 4 is 16.8 Å². The van der Waals surface area contributed by atoms with E-state index in [2.05, 4.69) is 0 Å². The van der Waals surface area contributed by atoms with Crippen LogP contribution in [0.2, 0.25) is 0 Å². The Morgan fingerprint density at radius 2 is 2.00 bits per heavy atom. The number of ether oxygens (including phenoxy) is 1. The molecule has 0 radical (unpaired) electrons. The number of benzene rings is 2. The van der Waals surface area contributed by atoms with E-state index >= 15 is 0 Å². The summed E-state index contributed by atoms with van der Waals surface area (Å²) in [5.41, 5.74) is 2.52. The van der Waals surface area contributed by atoms with Gasteiger partial charge in [-0.3, -0.25) is 10.0 Å². The molecule has 7 heteroatoms. The summed E-state index contributed by atoms with van der Waals surface area (Å²) >= 11 is 0. The highest BCUT2D eigenvalue weighted by Crippen LogP contribution is 2.26. The van der Waals surface area contributed by atoms with Gasteiger partial charge in [0.1, 0.15) is 5.82 Å². The molecule has 3 rings (SSSR count). The van der Waals surface area contributed by atoms with E-state index < -0.39 is 23.8 Å². The topological polar surface area (TPSA) is 63.5 Å². The summed E-state index contributed by atoms with van der Waals surface area (Å²) in [4.78, 5) is 11.5. The lowest BCUT2D eigenvalue weighted by atomic mass is 10.1. The van der Waals surface area contributed by atoms with Crippen LogP contribution in [-0.4, -0.2) is 15.7 Å². The normalized spacial score (nSPS) is 12.2. The average molecular weight is 332 g/mol. The lowest BCUT2D eigenvalue weighted by Gasteiger charge is -2.18. The number of carbonyl (C=O) groups is 1. The molecule has 0 saturated carbocycles. The number of carbonyl (C=O) groups excluding carboxylic acids is 1. The molecule has 0 spiro atoms. The molecule has 0 aliphatic carbocycles. The molecular formula is C17H14F2N2O3. The highest BCUT2D eigenvalue weighted by atomic mass is 19.1. The summed E-state index contributed by atoms with van der Waals surface area (Å²) in [6, 6.07) is 9.78. The molecule has 0 aliphatic heterocycles. The van der Waals surface area contributed by atoms with Gasteiger partial charge < -0.3 is 9.30 Å². The number of hydrogen-bond acceptors (Lipinski definition) is 3. The predicted molar refractivity (Wildman–Crippen MR) is 82.9 cm³/mol. The second-order valence-corrected chi connectivity index (χ2v) is 5.23. The molecule has 0 fully saturated rings. The van der Waals surface area contributed by atoms with E-state index in [1.165, 1.54) is 6.07 Å². The number of fused-ring (bicyclic) bond motifs is 1. The summed E-state index contributed by atoms with van der Waals surface area (Å²) in [5.74, 6) is -2.19. The maximum Gasteiger partial charge on any atom is 0.274 e. The van der Waals surface area contributed by atoms with Crippen LogP contribution in [0.25, 0.3) is 10.9 Å². The van der Waals surface area contributed by atoms with E-state index in [0.717, 1.165) is 17.5 Å². The van der Waals surface area contributed by atoms with Crippen molar-refractivity contribution in [2.75, 3.05) is 0 Å². The zero-order valence-corrected chi connectivity index (χ0v) is 12.7. The predicted octanol–water partition coefficient (Wildman–Crippen LogP) is 3.64. The monoisotopic (exact) mass is 332 g/mol. The van der Waals surface area contributed by atoms with Crippen LogP contribution in [0.15, 0.2) is 48.7 Å². The fourth-order valence-electron chi connectivity index (χ4n) is 2.48. The summed E-state index contributed by atoms with van der Waals surface area (Å²) in [7, 11) is 0. The Hall–Kier alpha value is -2.93. The van der Waals surface area contributed by atoms with Crippen LogP contribution in [0.1, 0.15) is 23.5 Å². The molecule has 1 aromatic heterocycles. The molecule has 24 heavy (non-hydrogen) atoms. The molecule has 1 heterocycles. The fourth-order valence-corrected chi connectivity index (χ4v) is 2.48. The number of halogens is 2. The third-order valence-corrected chi connectivity index (χ3v) is 3.67. The highest BCUT2D eigenvalue weighted by Gasteiger charge is 2.14. The van der Waals surface area contributed by atoms with E-state index in [9.17, 15) is 13.6 Å². The van der Waals surface area contributed by atoms with Gasteiger partial charge >= 0.3 is 0 Å². The van der Waals surface area contributed by atoms with E-state index in [1.54, 1.807) is 41.4 Å². The minimum atomic E-state index is -0.793. The molecule has 0 saturated heterocycles. The van der Waals surface area contributed by atoms with E-state index in [4.69, 9.17) is 9.94 Å². The Morgan fingerprint density at radius 3 is 2.71 bits per heavy atom. The molecular weight excluding hydrogens is 318 g/mol. The van der Waals surface area contributed by atoms with Crippen molar-refractivity contribution in [1.29, 1.82) is 0 Å². The van der Waals surface area contributed by atoms with Crippen LogP contribution in [0.4, 0.5) is 8.78 Å². The van der Waals surface area contributed by atoms with Crippen LogP contribution in [0.3, 0.4) is 0 Å². The van der Waals surface area contributed by atoms with E-state index in [-0.39, 0.29) is 11.3 Å². The van der Waals surface area contributed by atoms with Gasteiger partial charge in [0.05, 0.1) is 5.52 Å². The quantitative estimate of drug-likeness (QED) is 0.566. The van der Waals surface area contributed by atoms with Crippen LogP contribution < -0.4 is 10.2 Å². The molecule has 0 aliphatic rings. The third kappa shape index (κ3) is 2.93. The molecule has 5 nitrogen and oxygen atoms in total. The first-order chi connectivity index (χ1) is 11.5. The Balaban J connectivity index is 1.94. The van der Waals surface area contributed by atoms with Crippen molar-refractivity contribution in [3.8, 4) is 5.75 Å². The Labute approximate surface area is 136 Å². The Bertz CT molecular complexity index is 908. The van der Waals surface area contributed by atoms with Gasteiger partial charge in [-0.2, -0.15) is 0 Å². The molecule has 1 amide bonds. The largest absolute Gasteiger partial charge is 0.467 e. The molecule has 1 unspecified atom stereocenters. The maximum absolute atomic E-state index is 13.7. The first kappa shape index (κ1) is 15.9. The second-order valence-electron chi connectivity index (χ2n) is 5.23. The van der Waals surface area contributed by atoms with Gasteiger partial charge in [0.25, 0.3) is 5.91 Å². The summed E-state index contributed by atoms with van der Waals surface area (Å²) in [6.45, 7) is 1.70. The van der Waals surface area contributed by atoms with Gasteiger partial charge in [0.15, 0.2) is 17.8 Å². The van der Waals surface area contributed by atoms with E-state index in [1.807, 2.05) is 6.07 Å². The summed E-state index contributed by atoms with van der Waals surface area (Å²) in [5, 5.41) is 9.58. The lowest BCUT2D eigenvalue weighted by molar-refractivity contribution is 0.0706. The van der Waals surface area contributed by atoms with E-state index in [0.29, 0.717) is 5.52 Å². The van der Waals surface area contributed by atoms with Gasteiger partial charge in [0.2, 0.25) is 0 Å². The van der Waals surface area contributed by atoms with Crippen molar-refractivity contribution in [2.24, 2.45) is 0 Å². The van der Waals surface area contributed by atoms with Gasteiger partial charge in [-0.1, -0.05) is 6.07 Å². The smallest absolute Gasteiger partial charge is 0.274 e. The van der Waals surface area contributed by atoms with Gasteiger partial charge in [-0.05, 0) is 42.6 Å². The van der Waals surface area contributed by atoms with Crippen LogP contribution in [-0.2, 0) is 0 Å². The number of nitrogens with zero attached hydrogens (tertiary/aromatic N) is 1. The zero-order valence-electron chi connectivity index (χ0n) is 12.7. The molecule has 0 bridgehead atoms. The van der Waals surface area contributed by atoms with Crippen LogP contribution in [0, 0.1) is 11.6 Å². The highest BCUT2D eigenvalue weighted by molar-refractivity contribution is 5.97. The van der Waals surface area contributed by atoms with Gasteiger partial charge in [-0.25, -0.2) is 14.3 Å². The zero-order chi connectivity index (χ0) is 17.3. The van der Waals surface area contributed by atoms with Crippen LogP contribution in [0.5, 0.6) is 5.75 Å². The lowest BCUT2D eigenvalue weighted by Crippen LogP contribution is -2.18. The molecule has 2 aromatic carbocycles. The van der Waals surface area contributed by atoms with Gasteiger partial charge in [0, 0.05) is 17.8 Å². The van der Waals surface area contributed by atoms with Crippen molar-refractivity contribution in [1.82, 2.24) is 10.0 Å². The number of hydroxylamine groups is 1. The first-order valence-corrected chi connectivity index (χ1v) is 7.16. The fraction of sp³-hybridized carbons (Fsp3) is 0.118. The maximum atomic E-state index is 13.7. The molecule has 2 N–H and O–H groups in total. The number of nitrogens with one attached hydrogen (secondary N) is 1. The number of rotatable bonds is 4. The Kier molecular flexibility index (Phi) is 4.18. The van der Waals surface area contributed by atoms with Crippen molar-refractivity contribution < 1.29 is 23.5 Å². The average Bonchev–Trinajstić information content (AvgIpc) is 2.99. The molecule has 1 atom stereocenters. The number of amides is 1. The van der Waals surface area contributed by atoms with Crippen molar-refractivity contribution in [3.05, 3.63) is 65.9 Å². The van der Waals surface area contributed by atoms with Crippen LogP contribution >= 0.6 is 0 Å². The first-order valence-electron chi connectivity index (χ1n) is 7.16. The molecule has 124 valence electrons. The van der Waals surface area contributed by atoms with Gasteiger partial charge in [-0.15, -0.1) is 0 Å². The minimum Gasteiger partial charge on any atom is -0.467 e. The number of hydrogen-bond donors (Lipinski definition) is 2. The second kappa shape index (κ2) is 6.29. The Morgan fingerprint density at radius 1 is 1.21 bits per heavy atom. The standard InChI is InChI=1S/C17H14F2N2O3/c1-10(24-16-5-4-13(18)9-14(16)19)21-7-6-11-2-3-12(8-15(11)21)17(22)20-23/h2-10,23H,1H3,(H,20,22). The summed E-state index contributed by atoms with van der Waals surface area (Å²) in [6.07, 6.45) is 1.13. The molecule has 3 aromatic rings. The third-order valence-electron chi connectivity index (χ3n) is 3.67. The minimum absolute atomic E-state index is 0.0741. The summed E-state index contributed by atoms with van der Waals surface area (Å²) < 4.78 is 33.9. The SMILES string of the molecule is CC(Oc1ccc(F)cc1F)n1ccc2ccc(C(=O)NO)cc21. The van der Waals surface area contributed by atoms with Crippen molar-refractivity contribution in [3.63, 3.8) is 0 Å². The number of aromatic nitrogens is 1. The van der Waals surface area contributed by atoms with Crippen molar-refractivity contribution in [2.45, 2.75) is 13.2 Å².